The lowest BCUT2D eigenvalue weighted by molar-refractivity contribution is -0.115. The van der Waals surface area contributed by atoms with Crippen molar-refractivity contribution in [1.29, 1.82) is 0 Å². The van der Waals surface area contributed by atoms with Crippen molar-refractivity contribution in [3.05, 3.63) is 62.5 Å². The standard InChI is InChI=1S/C24H26BrCl2N3O/c1-15-22(24(31)28-19-6-4-2-3-5-7-19)29-30(21-13-12-18(26)14-20(21)27)23(15)16-8-10-17(25)11-9-16/h8-15,19,23H,2-7H2,1H3,(H,28,31)/t15-,23-/m1/s1. The van der Waals surface area contributed by atoms with E-state index in [1.165, 1.54) is 25.7 Å². The number of amides is 1. The maximum absolute atomic E-state index is 13.3. The lowest BCUT2D eigenvalue weighted by Crippen LogP contribution is -2.40. The second kappa shape index (κ2) is 9.93. The average molecular weight is 523 g/mol. The van der Waals surface area contributed by atoms with Crippen LogP contribution in [-0.2, 0) is 4.79 Å². The van der Waals surface area contributed by atoms with Gasteiger partial charge >= 0.3 is 0 Å². The van der Waals surface area contributed by atoms with E-state index in [4.69, 9.17) is 28.3 Å². The monoisotopic (exact) mass is 521 g/mol. The highest BCUT2D eigenvalue weighted by Crippen LogP contribution is 2.42. The molecule has 0 aromatic heterocycles. The van der Waals surface area contributed by atoms with E-state index in [-0.39, 0.29) is 23.9 Å². The lowest BCUT2D eigenvalue weighted by Gasteiger charge is -2.27. The molecule has 31 heavy (non-hydrogen) atoms. The summed E-state index contributed by atoms with van der Waals surface area (Å²) < 4.78 is 1.00. The summed E-state index contributed by atoms with van der Waals surface area (Å²) in [6.45, 7) is 2.06. The molecule has 2 aromatic rings. The number of rotatable bonds is 4. The Morgan fingerprint density at radius 1 is 1.06 bits per heavy atom. The summed E-state index contributed by atoms with van der Waals surface area (Å²) in [5.74, 6) is -0.173. The van der Waals surface area contributed by atoms with E-state index < -0.39 is 0 Å². The molecule has 4 nitrogen and oxygen atoms in total. The van der Waals surface area contributed by atoms with Crippen LogP contribution in [0.25, 0.3) is 0 Å². The molecule has 1 heterocycles. The Hall–Kier alpha value is -1.56. The van der Waals surface area contributed by atoms with Gasteiger partial charge in [-0.3, -0.25) is 9.80 Å². The van der Waals surface area contributed by atoms with Gasteiger partial charge in [0.2, 0.25) is 0 Å². The van der Waals surface area contributed by atoms with Gasteiger partial charge in [0.25, 0.3) is 5.91 Å². The van der Waals surface area contributed by atoms with Crippen LogP contribution in [-0.4, -0.2) is 17.7 Å². The van der Waals surface area contributed by atoms with E-state index >= 15 is 0 Å². The second-order valence-corrected chi connectivity index (χ2v) is 10.1. The zero-order valence-corrected chi connectivity index (χ0v) is 20.6. The first-order chi connectivity index (χ1) is 14.9. The molecule has 1 saturated carbocycles. The number of nitrogens with zero attached hydrogens (tertiary/aromatic N) is 2. The number of anilines is 1. The molecule has 0 radical (unpaired) electrons. The smallest absolute Gasteiger partial charge is 0.268 e. The first-order valence-electron chi connectivity index (χ1n) is 10.8. The number of carbonyl (C=O) groups excluding carboxylic acids is 1. The number of halogens is 3. The molecular weight excluding hydrogens is 497 g/mol. The largest absolute Gasteiger partial charge is 0.348 e. The molecule has 7 heteroatoms. The van der Waals surface area contributed by atoms with Crippen LogP contribution in [0.3, 0.4) is 0 Å². The highest BCUT2D eigenvalue weighted by atomic mass is 79.9. The highest BCUT2D eigenvalue weighted by Gasteiger charge is 2.40. The van der Waals surface area contributed by atoms with Crippen molar-refractivity contribution in [2.24, 2.45) is 11.0 Å². The minimum absolute atomic E-state index is 0.0749. The molecule has 0 spiro atoms. The first kappa shape index (κ1) is 22.6. The minimum atomic E-state index is -0.137. The Morgan fingerprint density at radius 2 is 1.74 bits per heavy atom. The maximum atomic E-state index is 13.3. The van der Waals surface area contributed by atoms with Crippen LogP contribution in [0.15, 0.2) is 52.0 Å². The molecule has 1 amide bonds. The molecule has 1 fully saturated rings. The lowest BCUT2D eigenvalue weighted by atomic mass is 9.90. The first-order valence-corrected chi connectivity index (χ1v) is 12.4. The Bertz CT molecular complexity index is 971. The van der Waals surface area contributed by atoms with Gasteiger partial charge in [0.05, 0.1) is 16.8 Å². The van der Waals surface area contributed by atoms with Crippen molar-refractivity contribution >= 4 is 56.4 Å². The zero-order chi connectivity index (χ0) is 22.0. The quantitative estimate of drug-likeness (QED) is 0.433. The van der Waals surface area contributed by atoms with Crippen LogP contribution in [0.5, 0.6) is 0 Å². The van der Waals surface area contributed by atoms with Gasteiger partial charge in [0.1, 0.15) is 5.71 Å². The summed E-state index contributed by atoms with van der Waals surface area (Å²) in [6.07, 6.45) is 6.91. The fraction of sp³-hybridized carbons (Fsp3) is 0.417. The topological polar surface area (TPSA) is 44.7 Å². The van der Waals surface area contributed by atoms with Gasteiger partial charge in [-0.15, -0.1) is 0 Å². The van der Waals surface area contributed by atoms with E-state index in [0.717, 1.165) is 28.6 Å². The van der Waals surface area contributed by atoms with Crippen LogP contribution in [0.2, 0.25) is 10.0 Å². The van der Waals surface area contributed by atoms with Crippen LogP contribution in [0.1, 0.15) is 57.1 Å². The molecule has 4 rings (SSSR count). The van der Waals surface area contributed by atoms with Gasteiger partial charge in [-0.1, -0.05) is 83.9 Å². The molecule has 164 valence electrons. The third-order valence-corrected chi connectivity index (χ3v) is 7.24. The summed E-state index contributed by atoms with van der Waals surface area (Å²) in [4.78, 5) is 13.3. The van der Waals surface area contributed by atoms with Gasteiger partial charge in [-0.25, -0.2) is 0 Å². The molecule has 2 aromatic carbocycles. The Morgan fingerprint density at radius 3 is 2.39 bits per heavy atom. The van der Waals surface area contributed by atoms with Crippen molar-refractivity contribution in [2.75, 3.05) is 5.01 Å². The number of hydrogen-bond donors (Lipinski definition) is 1. The number of nitrogens with one attached hydrogen (secondary N) is 1. The number of hydrogen-bond acceptors (Lipinski definition) is 3. The van der Waals surface area contributed by atoms with E-state index in [0.29, 0.717) is 15.8 Å². The number of hydrazone groups is 1. The summed E-state index contributed by atoms with van der Waals surface area (Å²) in [5, 5.41) is 11.0. The fourth-order valence-electron chi connectivity index (χ4n) is 4.53. The molecule has 2 aliphatic rings. The molecule has 0 saturated heterocycles. The van der Waals surface area contributed by atoms with E-state index in [9.17, 15) is 4.79 Å². The van der Waals surface area contributed by atoms with Crippen LogP contribution < -0.4 is 10.3 Å². The van der Waals surface area contributed by atoms with Crippen LogP contribution in [0.4, 0.5) is 5.69 Å². The molecule has 1 aliphatic heterocycles. The Balaban J connectivity index is 1.66. The Kier molecular flexibility index (Phi) is 7.25. The second-order valence-electron chi connectivity index (χ2n) is 8.37. The molecule has 1 N–H and O–H groups in total. The predicted molar refractivity (Wildman–Crippen MR) is 132 cm³/mol. The third-order valence-electron chi connectivity index (χ3n) is 6.17. The van der Waals surface area contributed by atoms with Gasteiger partial charge < -0.3 is 5.32 Å². The van der Waals surface area contributed by atoms with Crippen molar-refractivity contribution in [2.45, 2.75) is 57.5 Å². The predicted octanol–water partition coefficient (Wildman–Crippen LogP) is 7.15. The van der Waals surface area contributed by atoms with E-state index in [1.54, 1.807) is 12.1 Å². The normalized spacial score (nSPS) is 22.2. The molecule has 0 unspecified atom stereocenters. The van der Waals surface area contributed by atoms with Gasteiger partial charge in [0.15, 0.2) is 0 Å². The van der Waals surface area contributed by atoms with Gasteiger partial charge in [-0.2, -0.15) is 5.10 Å². The summed E-state index contributed by atoms with van der Waals surface area (Å²) in [7, 11) is 0. The van der Waals surface area contributed by atoms with Crippen molar-refractivity contribution in [3.8, 4) is 0 Å². The van der Waals surface area contributed by atoms with Crippen LogP contribution >= 0.6 is 39.1 Å². The molecule has 1 aliphatic carbocycles. The van der Waals surface area contributed by atoms with Crippen LogP contribution in [0, 0.1) is 5.92 Å². The summed E-state index contributed by atoms with van der Waals surface area (Å²) in [5.41, 5.74) is 2.36. The van der Waals surface area contributed by atoms with Crippen molar-refractivity contribution < 1.29 is 4.79 Å². The minimum Gasteiger partial charge on any atom is -0.348 e. The van der Waals surface area contributed by atoms with E-state index in [2.05, 4.69) is 40.3 Å². The molecular formula is C24H26BrCl2N3O. The Labute approximate surface area is 202 Å². The fourth-order valence-corrected chi connectivity index (χ4v) is 5.29. The van der Waals surface area contributed by atoms with Gasteiger partial charge in [-0.05, 0) is 48.7 Å². The van der Waals surface area contributed by atoms with Crippen molar-refractivity contribution in [3.63, 3.8) is 0 Å². The van der Waals surface area contributed by atoms with E-state index in [1.807, 2.05) is 23.2 Å². The third kappa shape index (κ3) is 5.10. The highest BCUT2D eigenvalue weighted by molar-refractivity contribution is 9.10. The van der Waals surface area contributed by atoms with Gasteiger partial charge in [0, 0.05) is 21.5 Å². The number of carbonyl (C=O) groups is 1. The number of benzene rings is 2. The average Bonchev–Trinajstić information content (AvgIpc) is 2.89. The molecule has 0 bridgehead atoms. The zero-order valence-electron chi connectivity index (χ0n) is 17.5. The molecule has 2 atom stereocenters. The SMILES string of the molecule is C[C@@H]1C(C(=O)NC2CCCCCC2)=NN(c2ccc(Cl)cc2Cl)[C@H]1c1ccc(Br)cc1. The summed E-state index contributed by atoms with van der Waals surface area (Å²) in [6, 6.07) is 13.6. The van der Waals surface area contributed by atoms with Crippen molar-refractivity contribution in [1.82, 2.24) is 5.32 Å². The summed E-state index contributed by atoms with van der Waals surface area (Å²) >= 11 is 16.2. The maximum Gasteiger partial charge on any atom is 0.268 e.